The van der Waals surface area contributed by atoms with Gasteiger partial charge >= 0.3 is 5.97 Å². The summed E-state index contributed by atoms with van der Waals surface area (Å²) in [5, 5.41) is 2.29. The number of carbonyl (C=O) groups is 1. The predicted molar refractivity (Wildman–Crippen MR) is 68.0 cm³/mol. The maximum Gasteiger partial charge on any atom is 0.319 e. The Labute approximate surface area is 105 Å². The van der Waals surface area contributed by atoms with Crippen LogP contribution in [0.2, 0.25) is 0 Å². The van der Waals surface area contributed by atoms with E-state index < -0.39 is 0 Å². The smallest absolute Gasteiger partial charge is 0.319 e. The quantitative estimate of drug-likeness (QED) is 0.480. The summed E-state index contributed by atoms with van der Waals surface area (Å²) < 4.78 is 5.68. The van der Waals surface area contributed by atoms with Crippen LogP contribution in [0.3, 0.4) is 0 Å². The SMILES string of the molecule is CC(I)C(=O)OC1(C(C)C)CC[NH2+]CC1. The minimum Gasteiger partial charge on any atom is -0.458 e. The Morgan fingerprint density at radius 2 is 1.87 bits per heavy atom. The molecule has 4 heteroatoms. The molecule has 15 heavy (non-hydrogen) atoms. The van der Waals surface area contributed by atoms with Gasteiger partial charge in [0.2, 0.25) is 0 Å². The molecular weight excluding hydrogens is 305 g/mol. The van der Waals surface area contributed by atoms with E-state index in [0.29, 0.717) is 5.92 Å². The van der Waals surface area contributed by atoms with Crippen molar-refractivity contribution in [3.8, 4) is 0 Å². The number of nitrogens with two attached hydrogens (primary N) is 1. The number of alkyl halides is 1. The number of hydrogen-bond donors (Lipinski definition) is 1. The monoisotopic (exact) mass is 326 g/mol. The summed E-state index contributed by atoms with van der Waals surface area (Å²) in [6, 6.07) is 0. The van der Waals surface area contributed by atoms with Crippen molar-refractivity contribution in [2.24, 2.45) is 5.92 Å². The van der Waals surface area contributed by atoms with Gasteiger partial charge in [0.25, 0.3) is 0 Å². The van der Waals surface area contributed by atoms with Crippen molar-refractivity contribution in [3.63, 3.8) is 0 Å². The van der Waals surface area contributed by atoms with Crippen molar-refractivity contribution < 1.29 is 14.8 Å². The molecule has 0 aromatic heterocycles. The summed E-state index contributed by atoms with van der Waals surface area (Å²) >= 11 is 2.11. The van der Waals surface area contributed by atoms with E-state index in [9.17, 15) is 4.79 Å². The topological polar surface area (TPSA) is 42.9 Å². The number of hydrogen-bond acceptors (Lipinski definition) is 2. The summed E-state index contributed by atoms with van der Waals surface area (Å²) in [4.78, 5) is 11.7. The van der Waals surface area contributed by atoms with Gasteiger partial charge in [-0.05, 0) is 12.8 Å². The Morgan fingerprint density at radius 1 is 1.33 bits per heavy atom. The van der Waals surface area contributed by atoms with Crippen molar-refractivity contribution >= 4 is 28.6 Å². The van der Waals surface area contributed by atoms with E-state index in [-0.39, 0.29) is 15.5 Å². The van der Waals surface area contributed by atoms with Gasteiger partial charge in [-0.15, -0.1) is 0 Å². The first-order valence-electron chi connectivity index (χ1n) is 5.66. The highest BCUT2D eigenvalue weighted by molar-refractivity contribution is 14.1. The molecule has 1 fully saturated rings. The molecule has 2 N–H and O–H groups in total. The van der Waals surface area contributed by atoms with Crippen LogP contribution in [-0.2, 0) is 9.53 Å². The first kappa shape index (κ1) is 13.2. The molecule has 0 saturated carbocycles. The van der Waals surface area contributed by atoms with Crippen LogP contribution >= 0.6 is 22.6 Å². The van der Waals surface area contributed by atoms with Gasteiger partial charge in [-0.3, -0.25) is 4.79 Å². The fraction of sp³-hybridized carbons (Fsp3) is 0.909. The van der Waals surface area contributed by atoms with E-state index in [1.807, 2.05) is 6.92 Å². The molecule has 1 aliphatic heterocycles. The average Bonchev–Trinajstić information content (AvgIpc) is 2.18. The number of halogens is 1. The van der Waals surface area contributed by atoms with Crippen LogP contribution < -0.4 is 5.32 Å². The zero-order chi connectivity index (χ0) is 11.5. The fourth-order valence-electron chi connectivity index (χ4n) is 2.04. The molecule has 3 nitrogen and oxygen atoms in total. The molecule has 1 aliphatic rings. The van der Waals surface area contributed by atoms with Gasteiger partial charge in [0.15, 0.2) is 0 Å². The first-order chi connectivity index (χ1) is 6.98. The molecule has 0 bridgehead atoms. The molecule has 1 atom stereocenters. The molecule has 1 saturated heterocycles. The van der Waals surface area contributed by atoms with Crippen LogP contribution in [0.15, 0.2) is 0 Å². The maximum absolute atomic E-state index is 11.7. The highest BCUT2D eigenvalue weighted by Crippen LogP contribution is 2.31. The highest BCUT2D eigenvalue weighted by Gasteiger charge is 2.41. The Balaban J connectivity index is 2.68. The summed E-state index contributed by atoms with van der Waals surface area (Å²) in [6.07, 6.45) is 1.97. The van der Waals surface area contributed by atoms with Crippen LogP contribution in [0.1, 0.15) is 33.6 Å². The van der Waals surface area contributed by atoms with E-state index in [0.717, 1.165) is 25.9 Å². The molecular formula is C11H21INO2+. The van der Waals surface area contributed by atoms with Crippen molar-refractivity contribution in [3.05, 3.63) is 0 Å². The number of piperidine rings is 1. The second-order valence-electron chi connectivity index (χ2n) is 4.62. The molecule has 0 aromatic rings. The number of ether oxygens (including phenoxy) is 1. The first-order valence-corrected chi connectivity index (χ1v) is 6.91. The number of rotatable bonds is 3. The van der Waals surface area contributed by atoms with E-state index in [1.165, 1.54) is 0 Å². The molecule has 1 heterocycles. The van der Waals surface area contributed by atoms with Gasteiger partial charge in [0, 0.05) is 12.8 Å². The molecule has 0 amide bonds. The van der Waals surface area contributed by atoms with Crippen molar-refractivity contribution in [2.75, 3.05) is 13.1 Å². The van der Waals surface area contributed by atoms with Crippen LogP contribution in [0.5, 0.6) is 0 Å². The van der Waals surface area contributed by atoms with Gasteiger partial charge < -0.3 is 10.1 Å². The molecule has 0 spiro atoms. The third kappa shape index (κ3) is 3.31. The second kappa shape index (κ2) is 5.48. The zero-order valence-corrected chi connectivity index (χ0v) is 11.9. The second-order valence-corrected chi connectivity index (χ2v) is 6.49. The number of quaternary nitrogens is 1. The van der Waals surface area contributed by atoms with Gasteiger partial charge in [-0.2, -0.15) is 0 Å². The Hall–Kier alpha value is 0.160. The molecule has 0 radical (unpaired) electrons. The maximum atomic E-state index is 11.7. The fourth-order valence-corrected chi connectivity index (χ4v) is 2.17. The summed E-state index contributed by atoms with van der Waals surface area (Å²) in [5.74, 6) is 0.344. The van der Waals surface area contributed by atoms with E-state index in [4.69, 9.17) is 4.74 Å². The van der Waals surface area contributed by atoms with Gasteiger partial charge in [-0.25, -0.2) is 0 Å². The summed E-state index contributed by atoms with van der Waals surface area (Å²) in [5.41, 5.74) is -0.203. The Morgan fingerprint density at radius 3 is 2.27 bits per heavy atom. The van der Waals surface area contributed by atoms with Crippen LogP contribution in [0.4, 0.5) is 0 Å². The zero-order valence-electron chi connectivity index (χ0n) is 9.75. The minimum absolute atomic E-state index is 0.0517. The van der Waals surface area contributed by atoms with Gasteiger partial charge in [-0.1, -0.05) is 36.4 Å². The molecule has 1 unspecified atom stereocenters. The number of esters is 1. The van der Waals surface area contributed by atoms with Gasteiger partial charge in [0.1, 0.15) is 9.53 Å². The number of carbonyl (C=O) groups excluding carboxylic acids is 1. The van der Waals surface area contributed by atoms with Crippen LogP contribution in [0.25, 0.3) is 0 Å². The molecule has 1 rings (SSSR count). The lowest BCUT2D eigenvalue weighted by Crippen LogP contribution is -2.88. The highest BCUT2D eigenvalue weighted by atomic mass is 127. The normalized spacial score (nSPS) is 22.5. The van der Waals surface area contributed by atoms with Gasteiger partial charge in [0.05, 0.1) is 13.1 Å². The summed E-state index contributed by atoms with van der Waals surface area (Å²) in [7, 11) is 0. The lowest BCUT2D eigenvalue weighted by Gasteiger charge is -2.39. The Bertz CT molecular complexity index is 223. The predicted octanol–water partition coefficient (Wildman–Crippen LogP) is 1.11. The average molecular weight is 326 g/mol. The van der Waals surface area contributed by atoms with Crippen molar-refractivity contribution in [2.45, 2.75) is 43.1 Å². The lowest BCUT2D eigenvalue weighted by molar-refractivity contribution is -0.668. The van der Waals surface area contributed by atoms with Crippen molar-refractivity contribution in [1.29, 1.82) is 0 Å². The summed E-state index contributed by atoms with van der Waals surface area (Å²) in [6.45, 7) is 8.32. The minimum atomic E-state index is -0.203. The third-order valence-corrected chi connectivity index (χ3v) is 3.73. The van der Waals surface area contributed by atoms with E-state index >= 15 is 0 Å². The van der Waals surface area contributed by atoms with E-state index in [2.05, 4.69) is 41.8 Å². The standard InChI is InChI=1S/C11H20INO2/c1-8(2)11(4-6-13-7-5-11)15-10(14)9(3)12/h8-9,13H,4-7H2,1-3H3/p+1. The molecule has 0 aliphatic carbocycles. The van der Waals surface area contributed by atoms with E-state index in [1.54, 1.807) is 0 Å². The van der Waals surface area contributed by atoms with Crippen LogP contribution in [-0.4, -0.2) is 28.6 Å². The Kier molecular flexibility index (Phi) is 4.83. The molecule has 88 valence electrons. The van der Waals surface area contributed by atoms with Crippen molar-refractivity contribution in [1.82, 2.24) is 0 Å². The van der Waals surface area contributed by atoms with Crippen LogP contribution in [0, 0.1) is 5.92 Å². The lowest BCUT2D eigenvalue weighted by atomic mass is 9.82. The molecule has 0 aromatic carbocycles. The third-order valence-electron chi connectivity index (χ3n) is 3.22. The largest absolute Gasteiger partial charge is 0.458 e.